The predicted molar refractivity (Wildman–Crippen MR) is 59.5 cm³/mol. The minimum Gasteiger partial charge on any atom is -0.478 e. The van der Waals surface area contributed by atoms with Gasteiger partial charge in [0.25, 0.3) is 0 Å². The molecule has 0 bridgehead atoms. The number of β-amino-alcohol motifs (C(OH)–C–C–N with tert-alkyl or cyclic N) is 1. The number of hydrogen-bond acceptors (Lipinski definition) is 3. The van der Waals surface area contributed by atoms with E-state index in [1.807, 2.05) is 6.07 Å². The Labute approximate surface area is 94.1 Å². The van der Waals surface area contributed by atoms with Gasteiger partial charge in [-0.15, -0.1) is 0 Å². The van der Waals surface area contributed by atoms with Crippen LogP contribution < -0.4 is 0 Å². The van der Waals surface area contributed by atoms with Crippen LogP contribution in [0.1, 0.15) is 21.5 Å². The number of aromatic carboxylic acids is 1. The van der Waals surface area contributed by atoms with Gasteiger partial charge in [-0.2, -0.15) is 0 Å². The monoisotopic (exact) mass is 221 g/mol. The number of nitrogens with zero attached hydrogens (tertiary/aromatic N) is 1. The molecule has 0 radical (unpaired) electrons. The lowest BCUT2D eigenvalue weighted by molar-refractivity contribution is 0.0696. The first-order valence-electron chi connectivity index (χ1n) is 5.39. The van der Waals surface area contributed by atoms with Crippen LogP contribution in [0.3, 0.4) is 0 Å². The zero-order valence-electron chi connectivity index (χ0n) is 9.02. The van der Waals surface area contributed by atoms with Gasteiger partial charge in [-0.1, -0.05) is 6.07 Å². The quantitative estimate of drug-likeness (QED) is 0.790. The molecule has 0 atom stereocenters. The van der Waals surface area contributed by atoms with Gasteiger partial charge >= 0.3 is 5.97 Å². The highest BCUT2D eigenvalue weighted by molar-refractivity contribution is 5.87. The number of carboxylic acid groups (broad SMARTS) is 1. The van der Waals surface area contributed by atoms with Crippen molar-refractivity contribution in [2.75, 3.05) is 19.7 Å². The molecule has 1 aromatic rings. The number of fused-ring (bicyclic) bond motifs is 1. The van der Waals surface area contributed by atoms with Crippen molar-refractivity contribution in [2.24, 2.45) is 0 Å². The highest BCUT2D eigenvalue weighted by Gasteiger charge is 2.16. The summed E-state index contributed by atoms with van der Waals surface area (Å²) in [6.07, 6.45) is 0.858. The first kappa shape index (κ1) is 11.1. The maximum Gasteiger partial charge on any atom is 0.335 e. The molecule has 0 fully saturated rings. The third-order valence-corrected chi connectivity index (χ3v) is 2.96. The highest BCUT2D eigenvalue weighted by atomic mass is 16.4. The molecule has 0 unspecified atom stereocenters. The number of aliphatic hydroxyl groups is 1. The lowest BCUT2D eigenvalue weighted by Crippen LogP contribution is -2.32. The van der Waals surface area contributed by atoms with Gasteiger partial charge in [-0.05, 0) is 29.7 Å². The summed E-state index contributed by atoms with van der Waals surface area (Å²) in [7, 11) is 0. The molecule has 2 N–H and O–H groups in total. The van der Waals surface area contributed by atoms with E-state index in [-0.39, 0.29) is 6.61 Å². The molecule has 0 spiro atoms. The van der Waals surface area contributed by atoms with E-state index in [4.69, 9.17) is 10.2 Å². The van der Waals surface area contributed by atoms with E-state index in [2.05, 4.69) is 4.90 Å². The molecule has 1 aliphatic rings. The van der Waals surface area contributed by atoms with Crippen molar-refractivity contribution in [1.82, 2.24) is 4.90 Å². The molecule has 0 aliphatic carbocycles. The van der Waals surface area contributed by atoms with Crippen molar-refractivity contribution in [3.05, 3.63) is 34.9 Å². The molecule has 0 aromatic heterocycles. The second-order valence-electron chi connectivity index (χ2n) is 4.04. The number of rotatable bonds is 3. The molecule has 1 aromatic carbocycles. The summed E-state index contributed by atoms with van der Waals surface area (Å²) < 4.78 is 0. The number of carbonyl (C=O) groups is 1. The highest BCUT2D eigenvalue weighted by Crippen LogP contribution is 2.20. The molecule has 1 heterocycles. The fourth-order valence-electron chi connectivity index (χ4n) is 2.08. The van der Waals surface area contributed by atoms with Crippen LogP contribution in [0.4, 0.5) is 0 Å². The summed E-state index contributed by atoms with van der Waals surface area (Å²) in [5.41, 5.74) is 2.65. The van der Waals surface area contributed by atoms with Gasteiger partial charge in [0.15, 0.2) is 0 Å². The normalized spacial score (nSPS) is 15.8. The maximum atomic E-state index is 10.8. The zero-order chi connectivity index (χ0) is 11.5. The molecule has 86 valence electrons. The zero-order valence-corrected chi connectivity index (χ0v) is 9.02. The van der Waals surface area contributed by atoms with Gasteiger partial charge in [-0.3, -0.25) is 4.90 Å². The molecule has 4 heteroatoms. The van der Waals surface area contributed by atoms with Crippen LogP contribution in [0, 0.1) is 0 Å². The van der Waals surface area contributed by atoms with Crippen LogP contribution in [0.15, 0.2) is 18.2 Å². The van der Waals surface area contributed by atoms with E-state index in [0.717, 1.165) is 25.1 Å². The van der Waals surface area contributed by atoms with E-state index >= 15 is 0 Å². The molecule has 0 saturated heterocycles. The van der Waals surface area contributed by atoms with Crippen molar-refractivity contribution in [3.8, 4) is 0 Å². The molecule has 16 heavy (non-hydrogen) atoms. The number of aliphatic hydroxyl groups excluding tert-OH is 1. The standard InChI is InChI=1S/C12H15NO3/c14-6-5-13-4-3-9-7-10(12(15)16)1-2-11(9)8-13/h1-2,7,14H,3-6,8H2,(H,15,16). The fraction of sp³-hybridized carbons (Fsp3) is 0.417. The third-order valence-electron chi connectivity index (χ3n) is 2.96. The van der Waals surface area contributed by atoms with Crippen molar-refractivity contribution >= 4 is 5.97 Å². The summed E-state index contributed by atoms with van der Waals surface area (Å²) in [6, 6.07) is 5.28. The molecule has 2 rings (SSSR count). The van der Waals surface area contributed by atoms with Crippen LogP contribution in [-0.4, -0.2) is 40.8 Å². The van der Waals surface area contributed by atoms with Crippen LogP contribution in [0.5, 0.6) is 0 Å². The van der Waals surface area contributed by atoms with E-state index in [0.29, 0.717) is 12.1 Å². The van der Waals surface area contributed by atoms with E-state index in [1.54, 1.807) is 12.1 Å². The summed E-state index contributed by atoms with van der Waals surface area (Å²) in [5, 5.41) is 17.7. The minimum atomic E-state index is -0.874. The molecule has 4 nitrogen and oxygen atoms in total. The van der Waals surface area contributed by atoms with Crippen LogP contribution in [0.2, 0.25) is 0 Å². The van der Waals surface area contributed by atoms with Crippen LogP contribution in [0.25, 0.3) is 0 Å². The summed E-state index contributed by atoms with van der Waals surface area (Å²) >= 11 is 0. The Morgan fingerprint density at radius 2 is 2.19 bits per heavy atom. The number of benzene rings is 1. The van der Waals surface area contributed by atoms with Gasteiger partial charge in [0, 0.05) is 19.6 Å². The average Bonchev–Trinajstić information content (AvgIpc) is 2.28. The number of hydrogen-bond donors (Lipinski definition) is 2. The van der Waals surface area contributed by atoms with E-state index in [1.165, 1.54) is 5.56 Å². The Balaban J connectivity index is 2.19. The Bertz CT molecular complexity index is 403. The SMILES string of the molecule is O=C(O)c1ccc2c(c1)CCN(CCO)C2. The van der Waals surface area contributed by atoms with Gasteiger partial charge in [0.2, 0.25) is 0 Å². The van der Waals surface area contributed by atoms with E-state index in [9.17, 15) is 4.79 Å². The summed E-state index contributed by atoms with van der Waals surface area (Å²) in [6.45, 7) is 2.54. The lowest BCUT2D eigenvalue weighted by Gasteiger charge is -2.28. The molecular weight excluding hydrogens is 206 g/mol. The summed E-state index contributed by atoms with van der Waals surface area (Å²) in [4.78, 5) is 13.0. The Hall–Kier alpha value is -1.39. The van der Waals surface area contributed by atoms with Gasteiger partial charge < -0.3 is 10.2 Å². The molecule has 0 amide bonds. The molecular formula is C12H15NO3. The smallest absolute Gasteiger partial charge is 0.335 e. The van der Waals surface area contributed by atoms with Crippen LogP contribution >= 0.6 is 0 Å². The molecule has 0 saturated carbocycles. The first-order valence-corrected chi connectivity index (χ1v) is 5.39. The fourth-order valence-corrected chi connectivity index (χ4v) is 2.08. The molecule has 1 aliphatic heterocycles. The van der Waals surface area contributed by atoms with Crippen molar-refractivity contribution in [3.63, 3.8) is 0 Å². The Morgan fingerprint density at radius 3 is 2.88 bits per heavy atom. The van der Waals surface area contributed by atoms with Crippen molar-refractivity contribution < 1.29 is 15.0 Å². The lowest BCUT2D eigenvalue weighted by atomic mass is 9.97. The number of carboxylic acids is 1. The predicted octanol–water partition coefficient (Wildman–Crippen LogP) is 0.735. The topological polar surface area (TPSA) is 60.8 Å². The van der Waals surface area contributed by atoms with Crippen molar-refractivity contribution in [2.45, 2.75) is 13.0 Å². The van der Waals surface area contributed by atoms with Crippen LogP contribution in [-0.2, 0) is 13.0 Å². The van der Waals surface area contributed by atoms with Gasteiger partial charge in [0.1, 0.15) is 0 Å². The Morgan fingerprint density at radius 1 is 1.38 bits per heavy atom. The first-order chi connectivity index (χ1) is 7.70. The largest absolute Gasteiger partial charge is 0.478 e. The minimum absolute atomic E-state index is 0.169. The van der Waals surface area contributed by atoms with Gasteiger partial charge in [-0.25, -0.2) is 4.79 Å². The van der Waals surface area contributed by atoms with Crippen molar-refractivity contribution in [1.29, 1.82) is 0 Å². The Kier molecular flexibility index (Phi) is 3.22. The van der Waals surface area contributed by atoms with Gasteiger partial charge in [0.05, 0.1) is 12.2 Å². The second kappa shape index (κ2) is 4.63. The van der Waals surface area contributed by atoms with E-state index < -0.39 is 5.97 Å². The summed E-state index contributed by atoms with van der Waals surface area (Å²) in [5.74, 6) is -0.874. The second-order valence-corrected chi connectivity index (χ2v) is 4.04. The average molecular weight is 221 g/mol. The third kappa shape index (κ3) is 2.23. The maximum absolute atomic E-state index is 10.8.